The number of aromatic nitrogens is 3. The zero-order valence-electron chi connectivity index (χ0n) is 13.3. The first-order valence-corrected chi connectivity index (χ1v) is 8.56. The molecule has 1 N–H and O–H groups in total. The Kier molecular flexibility index (Phi) is 4.09. The van der Waals surface area contributed by atoms with Crippen LogP contribution in [0.4, 0.5) is 0 Å². The molecule has 7 nitrogen and oxygen atoms in total. The van der Waals surface area contributed by atoms with Crippen LogP contribution in [0, 0.1) is 0 Å². The molecule has 1 fully saturated rings. The van der Waals surface area contributed by atoms with E-state index in [0.29, 0.717) is 18.2 Å². The molecule has 24 heavy (non-hydrogen) atoms. The molecule has 0 bridgehead atoms. The average molecular weight is 346 g/mol. The van der Waals surface area contributed by atoms with Gasteiger partial charge in [0, 0.05) is 13.1 Å². The Morgan fingerprint density at radius 1 is 1.33 bits per heavy atom. The first kappa shape index (κ1) is 15.4. The minimum Gasteiger partial charge on any atom is -0.497 e. The van der Waals surface area contributed by atoms with E-state index in [1.54, 1.807) is 7.11 Å². The molecule has 1 aliphatic rings. The van der Waals surface area contributed by atoms with Crippen LogP contribution >= 0.6 is 11.3 Å². The van der Waals surface area contributed by atoms with Crippen molar-refractivity contribution in [1.82, 2.24) is 19.5 Å². The zero-order chi connectivity index (χ0) is 16.5. The van der Waals surface area contributed by atoms with Gasteiger partial charge in [-0.05, 0) is 17.7 Å². The van der Waals surface area contributed by atoms with Gasteiger partial charge in [0.1, 0.15) is 12.1 Å². The highest BCUT2D eigenvalue weighted by Crippen LogP contribution is 2.40. The van der Waals surface area contributed by atoms with Crippen LogP contribution in [0.3, 0.4) is 0 Å². The van der Waals surface area contributed by atoms with Crippen molar-refractivity contribution in [3.8, 4) is 11.6 Å². The first-order valence-electron chi connectivity index (χ1n) is 7.75. The Bertz CT molecular complexity index is 841. The molecule has 1 saturated heterocycles. The molecule has 0 aliphatic carbocycles. The number of hydrogen-bond acceptors (Lipinski definition) is 7. The highest BCUT2D eigenvalue weighted by molar-refractivity contribution is 7.17. The molecule has 1 aliphatic heterocycles. The average Bonchev–Trinajstić information content (AvgIpc) is 3.20. The highest BCUT2D eigenvalue weighted by Gasteiger charge is 2.30. The van der Waals surface area contributed by atoms with Crippen molar-refractivity contribution < 1.29 is 14.6 Å². The fraction of sp³-hybridized carbons (Fsp3) is 0.375. The van der Waals surface area contributed by atoms with Crippen molar-refractivity contribution in [2.45, 2.75) is 6.04 Å². The summed E-state index contributed by atoms with van der Waals surface area (Å²) in [6.07, 6.45) is 1.45. The van der Waals surface area contributed by atoms with Gasteiger partial charge in [0.2, 0.25) is 10.8 Å². The van der Waals surface area contributed by atoms with Crippen molar-refractivity contribution in [2.24, 2.45) is 0 Å². The lowest BCUT2D eigenvalue weighted by atomic mass is 10.0. The van der Waals surface area contributed by atoms with E-state index >= 15 is 0 Å². The fourth-order valence-corrected chi connectivity index (χ4v) is 4.14. The Morgan fingerprint density at radius 2 is 2.17 bits per heavy atom. The van der Waals surface area contributed by atoms with E-state index in [2.05, 4.69) is 21.0 Å². The van der Waals surface area contributed by atoms with Crippen molar-refractivity contribution >= 4 is 16.3 Å². The summed E-state index contributed by atoms with van der Waals surface area (Å²) in [5.41, 5.74) is 1.07. The number of fused-ring (bicyclic) bond motifs is 1. The lowest BCUT2D eigenvalue weighted by Gasteiger charge is -2.34. The molecule has 2 aromatic heterocycles. The third kappa shape index (κ3) is 2.62. The minimum atomic E-state index is -0.0856. The predicted molar refractivity (Wildman–Crippen MR) is 89.8 cm³/mol. The fourth-order valence-electron chi connectivity index (χ4n) is 3.05. The SMILES string of the molecule is COc1cccc([C@@H](c2sc3ncnn3c2O)N2CCOCC2)c1. The first-order chi connectivity index (χ1) is 11.8. The van der Waals surface area contributed by atoms with Gasteiger partial charge in [-0.1, -0.05) is 23.5 Å². The van der Waals surface area contributed by atoms with Crippen LogP contribution in [-0.4, -0.2) is 58.0 Å². The summed E-state index contributed by atoms with van der Waals surface area (Å²) in [6.45, 7) is 2.97. The van der Waals surface area contributed by atoms with E-state index in [9.17, 15) is 5.11 Å². The summed E-state index contributed by atoms with van der Waals surface area (Å²) in [5, 5.41) is 14.7. The van der Waals surface area contributed by atoms with Crippen LogP contribution < -0.4 is 4.74 Å². The Morgan fingerprint density at radius 3 is 2.92 bits per heavy atom. The molecule has 1 atom stereocenters. The molecule has 0 saturated carbocycles. The standard InChI is InChI=1S/C16H18N4O3S/c1-22-12-4-2-3-11(9-12)13(19-5-7-23-8-6-19)14-15(21)20-16(24-14)17-10-18-20/h2-4,9-10,13,21H,5-8H2,1H3/t13-/m0/s1. The third-order valence-corrected chi connectivity index (χ3v) is 5.29. The van der Waals surface area contributed by atoms with Crippen molar-refractivity contribution in [2.75, 3.05) is 33.4 Å². The summed E-state index contributed by atoms with van der Waals surface area (Å²) in [4.78, 5) is 8.02. The van der Waals surface area contributed by atoms with Crippen LogP contribution in [0.1, 0.15) is 16.5 Å². The largest absolute Gasteiger partial charge is 0.497 e. The van der Waals surface area contributed by atoms with E-state index in [-0.39, 0.29) is 11.9 Å². The van der Waals surface area contributed by atoms with Crippen LogP contribution in [0.15, 0.2) is 30.6 Å². The maximum atomic E-state index is 10.6. The molecule has 0 radical (unpaired) electrons. The summed E-state index contributed by atoms with van der Waals surface area (Å²) < 4.78 is 12.3. The molecule has 0 spiro atoms. The number of ether oxygens (including phenoxy) is 2. The van der Waals surface area contributed by atoms with Gasteiger partial charge >= 0.3 is 0 Å². The molecule has 126 valence electrons. The van der Waals surface area contributed by atoms with Crippen LogP contribution in [0.25, 0.3) is 4.96 Å². The van der Waals surface area contributed by atoms with Crippen LogP contribution in [-0.2, 0) is 4.74 Å². The van der Waals surface area contributed by atoms with Crippen molar-refractivity contribution in [3.63, 3.8) is 0 Å². The smallest absolute Gasteiger partial charge is 0.230 e. The number of morpholine rings is 1. The number of methoxy groups -OCH3 is 1. The topological polar surface area (TPSA) is 72.1 Å². The number of benzene rings is 1. The highest BCUT2D eigenvalue weighted by atomic mass is 32.1. The maximum Gasteiger partial charge on any atom is 0.230 e. The van der Waals surface area contributed by atoms with Crippen LogP contribution in [0.5, 0.6) is 11.6 Å². The van der Waals surface area contributed by atoms with Gasteiger partial charge in [0.15, 0.2) is 0 Å². The van der Waals surface area contributed by atoms with Gasteiger partial charge in [-0.3, -0.25) is 4.90 Å². The molecule has 0 amide bonds. The van der Waals surface area contributed by atoms with Gasteiger partial charge < -0.3 is 14.6 Å². The van der Waals surface area contributed by atoms with E-state index in [1.165, 1.54) is 22.2 Å². The Hall–Kier alpha value is -2.16. The number of thiazole rings is 1. The van der Waals surface area contributed by atoms with Gasteiger partial charge in [0.25, 0.3) is 0 Å². The van der Waals surface area contributed by atoms with E-state index < -0.39 is 0 Å². The minimum absolute atomic E-state index is 0.0856. The molecular weight excluding hydrogens is 328 g/mol. The molecule has 1 aromatic carbocycles. The molecule has 3 aromatic rings. The second kappa shape index (κ2) is 6.39. The van der Waals surface area contributed by atoms with Gasteiger partial charge in [0.05, 0.1) is 31.2 Å². The lowest BCUT2D eigenvalue weighted by Crippen LogP contribution is -2.39. The normalized spacial score (nSPS) is 17.2. The van der Waals surface area contributed by atoms with Crippen LogP contribution in [0.2, 0.25) is 0 Å². The molecule has 0 unspecified atom stereocenters. The molecule has 4 rings (SSSR count). The summed E-state index contributed by atoms with van der Waals surface area (Å²) >= 11 is 1.46. The third-order valence-electron chi connectivity index (χ3n) is 4.21. The molecular formula is C16H18N4O3S. The Balaban J connectivity index is 1.82. The van der Waals surface area contributed by atoms with Crippen molar-refractivity contribution in [1.29, 1.82) is 0 Å². The van der Waals surface area contributed by atoms with Crippen molar-refractivity contribution in [3.05, 3.63) is 41.0 Å². The van der Waals surface area contributed by atoms with E-state index in [4.69, 9.17) is 9.47 Å². The number of nitrogens with zero attached hydrogens (tertiary/aromatic N) is 4. The van der Waals surface area contributed by atoms with E-state index in [1.807, 2.05) is 18.2 Å². The number of aromatic hydroxyl groups is 1. The predicted octanol–water partition coefficient (Wildman–Crippen LogP) is 1.93. The zero-order valence-corrected chi connectivity index (χ0v) is 14.1. The number of hydrogen-bond donors (Lipinski definition) is 1. The maximum absolute atomic E-state index is 10.6. The summed E-state index contributed by atoms with van der Waals surface area (Å²) in [7, 11) is 1.66. The molecule has 3 heterocycles. The Labute approximate surface area is 143 Å². The number of rotatable bonds is 4. The molecule has 8 heteroatoms. The second-order valence-corrected chi connectivity index (χ2v) is 6.58. The lowest BCUT2D eigenvalue weighted by molar-refractivity contribution is 0.0241. The van der Waals surface area contributed by atoms with Gasteiger partial charge in [-0.2, -0.15) is 9.61 Å². The van der Waals surface area contributed by atoms with E-state index in [0.717, 1.165) is 29.3 Å². The summed E-state index contributed by atoms with van der Waals surface area (Å²) in [5.74, 6) is 0.941. The van der Waals surface area contributed by atoms with Gasteiger partial charge in [-0.15, -0.1) is 0 Å². The monoisotopic (exact) mass is 346 g/mol. The quantitative estimate of drug-likeness (QED) is 0.778. The van der Waals surface area contributed by atoms with Gasteiger partial charge in [-0.25, -0.2) is 4.98 Å². The second-order valence-electron chi connectivity index (χ2n) is 5.57. The summed E-state index contributed by atoms with van der Waals surface area (Å²) in [6, 6.07) is 7.86.